The summed E-state index contributed by atoms with van der Waals surface area (Å²) in [7, 11) is 0. The number of carbonyl (C=O) groups excluding carboxylic acids is 2. The number of hydrogen-bond acceptors (Lipinski definition) is 5. The summed E-state index contributed by atoms with van der Waals surface area (Å²) < 4.78 is 1.34. The van der Waals surface area contributed by atoms with E-state index in [4.69, 9.17) is 4.84 Å². The van der Waals surface area contributed by atoms with Gasteiger partial charge >= 0.3 is 18.2 Å². The highest BCUT2D eigenvalue weighted by molar-refractivity contribution is 5.80. The molecule has 11 heteroatoms. The fourth-order valence-electron chi connectivity index (χ4n) is 5.16. The molecule has 11 nitrogen and oxygen atoms in total. The van der Waals surface area contributed by atoms with Crippen molar-refractivity contribution in [3.63, 3.8) is 0 Å². The van der Waals surface area contributed by atoms with Gasteiger partial charge < -0.3 is 19.8 Å². The van der Waals surface area contributed by atoms with E-state index in [2.05, 4.69) is 5.10 Å². The zero-order chi connectivity index (χ0) is 25.6. The van der Waals surface area contributed by atoms with Crippen molar-refractivity contribution in [2.24, 2.45) is 0 Å². The summed E-state index contributed by atoms with van der Waals surface area (Å²) in [5.41, 5.74) is 1.47. The molecule has 2 fully saturated rings. The number of amides is 4. The highest BCUT2D eigenvalue weighted by Crippen LogP contribution is 2.44. The van der Waals surface area contributed by atoms with Gasteiger partial charge in [0.05, 0.1) is 24.8 Å². The average molecular weight is 497 g/mol. The SMILES string of the molecule is CC(C)(C)N(C[C@@H]1c2nn(C(=O)N3CCCC3)cc2[C@H]2CN1C(=O)N2OCc1ccccc1)C(=O)O. The van der Waals surface area contributed by atoms with Gasteiger partial charge in [0.1, 0.15) is 12.6 Å². The summed E-state index contributed by atoms with van der Waals surface area (Å²) in [6, 6.07) is 7.93. The van der Waals surface area contributed by atoms with Crippen LogP contribution < -0.4 is 0 Å². The van der Waals surface area contributed by atoms with Crippen LogP contribution in [-0.2, 0) is 11.4 Å². The third-order valence-corrected chi connectivity index (χ3v) is 7.09. The Balaban J connectivity index is 1.49. The molecule has 1 N–H and O–H groups in total. The molecule has 192 valence electrons. The van der Waals surface area contributed by atoms with Crippen LogP contribution in [-0.4, -0.2) is 84.5 Å². The lowest BCUT2D eigenvalue weighted by Gasteiger charge is -2.38. The fourth-order valence-corrected chi connectivity index (χ4v) is 5.16. The number of aromatic nitrogens is 2. The maximum absolute atomic E-state index is 13.5. The lowest BCUT2D eigenvalue weighted by molar-refractivity contribution is -0.141. The Bertz CT molecular complexity index is 1150. The highest BCUT2D eigenvalue weighted by Gasteiger charge is 2.51. The number of urea groups is 1. The van der Waals surface area contributed by atoms with Crippen LogP contribution in [0.15, 0.2) is 36.5 Å². The Morgan fingerprint density at radius 1 is 1.17 bits per heavy atom. The summed E-state index contributed by atoms with van der Waals surface area (Å²) in [5.74, 6) is 0. The highest BCUT2D eigenvalue weighted by atomic mass is 16.7. The fraction of sp³-hybridized carbons (Fsp3) is 0.520. The lowest BCUT2D eigenvalue weighted by atomic mass is 9.96. The van der Waals surface area contributed by atoms with Crippen molar-refractivity contribution in [1.82, 2.24) is 29.5 Å². The van der Waals surface area contributed by atoms with E-state index in [1.165, 1.54) is 14.6 Å². The number of likely N-dealkylation sites (tertiary alicyclic amines) is 1. The number of benzene rings is 1. The van der Waals surface area contributed by atoms with Crippen LogP contribution >= 0.6 is 0 Å². The molecule has 2 aromatic rings. The van der Waals surface area contributed by atoms with Crippen LogP contribution in [0.4, 0.5) is 14.4 Å². The monoisotopic (exact) mass is 496 g/mol. The van der Waals surface area contributed by atoms with Crippen LogP contribution in [0.3, 0.4) is 0 Å². The molecule has 0 spiro atoms. The average Bonchev–Trinajstić information content (AvgIpc) is 3.57. The molecule has 3 aliphatic rings. The standard InChI is InChI=1S/C25H32N6O5/c1-25(2,3)29(24(34)35)15-20-21-18(13-30(26-21)22(32)27-11-7-8-12-27)19-14-28(20)23(33)31(19)36-16-17-9-5-4-6-10-17/h4-6,9-10,13,19-20H,7-8,11-12,14-16H2,1-3H3,(H,34,35)/t19-,20-/m1/s1. The Hall–Kier alpha value is -3.60. The molecule has 2 saturated heterocycles. The van der Waals surface area contributed by atoms with Gasteiger partial charge in [-0.1, -0.05) is 30.3 Å². The Labute approximate surface area is 209 Å². The quantitative estimate of drug-likeness (QED) is 0.676. The van der Waals surface area contributed by atoms with E-state index in [1.54, 1.807) is 16.0 Å². The van der Waals surface area contributed by atoms with Gasteiger partial charge in [-0.25, -0.2) is 14.4 Å². The summed E-state index contributed by atoms with van der Waals surface area (Å²) in [4.78, 5) is 49.4. The van der Waals surface area contributed by atoms with E-state index in [-0.39, 0.29) is 25.2 Å². The second-order valence-electron chi connectivity index (χ2n) is 10.5. The van der Waals surface area contributed by atoms with E-state index in [0.717, 1.165) is 18.4 Å². The van der Waals surface area contributed by atoms with Crippen molar-refractivity contribution >= 4 is 18.2 Å². The van der Waals surface area contributed by atoms with Gasteiger partial charge in [-0.15, -0.1) is 0 Å². The van der Waals surface area contributed by atoms with Gasteiger partial charge in [0.25, 0.3) is 0 Å². The number of fused-ring (bicyclic) bond motifs is 4. The van der Waals surface area contributed by atoms with Crippen molar-refractivity contribution in [2.75, 3.05) is 26.2 Å². The molecule has 0 radical (unpaired) electrons. The first-order valence-electron chi connectivity index (χ1n) is 12.3. The molecule has 36 heavy (non-hydrogen) atoms. The lowest BCUT2D eigenvalue weighted by Crippen LogP contribution is -2.50. The first-order valence-corrected chi connectivity index (χ1v) is 12.3. The zero-order valence-corrected chi connectivity index (χ0v) is 20.8. The minimum Gasteiger partial charge on any atom is -0.465 e. The molecule has 1 aromatic carbocycles. The normalized spacial score (nSPS) is 21.2. The number of hydrogen-bond donors (Lipinski definition) is 1. The molecule has 2 bridgehead atoms. The molecule has 0 unspecified atom stereocenters. The topological polar surface area (TPSA) is 111 Å². The molecule has 0 aliphatic carbocycles. The minimum absolute atomic E-state index is 0.0335. The van der Waals surface area contributed by atoms with Crippen LogP contribution in [0.2, 0.25) is 0 Å². The third-order valence-electron chi connectivity index (χ3n) is 7.09. The molecule has 4 amide bonds. The third kappa shape index (κ3) is 4.27. The van der Waals surface area contributed by atoms with Crippen LogP contribution in [0, 0.1) is 0 Å². The Morgan fingerprint density at radius 2 is 1.86 bits per heavy atom. The summed E-state index contributed by atoms with van der Waals surface area (Å²) >= 11 is 0. The number of carboxylic acid groups (broad SMARTS) is 1. The molecule has 1 aromatic heterocycles. The molecule has 5 rings (SSSR count). The molecular weight excluding hydrogens is 464 g/mol. The van der Waals surface area contributed by atoms with Crippen molar-refractivity contribution < 1.29 is 24.3 Å². The largest absolute Gasteiger partial charge is 0.465 e. The number of rotatable bonds is 5. The van der Waals surface area contributed by atoms with Gasteiger partial charge in [0, 0.05) is 30.4 Å². The minimum atomic E-state index is -1.08. The second-order valence-corrected chi connectivity index (χ2v) is 10.5. The van der Waals surface area contributed by atoms with Crippen molar-refractivity contribution in [3.8, 4) is 0 Å². The summed E-state index contributed by atoms with van der Waals surface area (Å²) in [5, 5.41) is 15.9. The Kier molecular flexibility index (Phi) is 6.11. The molecule has 2 atom stereocenters. The molecule has 3 aliphatic heterocycles. The van der Waals surface area contributed by atoms with E-state index in [9.17, 15) is 19.5 Å². The molecular formula is C25H32N6O5. The first-order chi connectivity index (χ1) is 17.1. The van der Waals surface area contributed by atoms with E-state index in [0.29, 0.717) is 30.9 Å². The predicted octanol–water partition coefficient (Wildman–Crippen LogP) is 3.69. The van der Waals surface area contributed by atoms with Gasteiger partial charge in [0.2, 0.25) is 0 Å². The number of carbonyl (C=O) groups is 3. The van der Waals surface area contributed by atoms with Crippen molar-refractivity contribution in [3.05, 3.63) is 53.3 Å². The van der Waals surface area contributed by atoms with Gasteiger partial charge in [0.15, 0.2) is 0 Å². The number of nitrogens with zero attached hydrogens (tertiary/aromatic N) is 6. The molecule has 4 heterocycles. The van der Waals surface area contributed by atoms with E-state index >= 15 is 0 Å². The van der Waals surface area contributed by atoms with E-state index in [1.807, 2.05) is 51.1 Å². The summed E-state index contributed by atoms with van der Waals surface area (Å²) in [6.45, 7) is 7.37. The van der Waals surface area contributed by atoms with Crippen LogP contribution in [0.1, 0.15) is 62.5 Å². The van der Waals surface area contributed by atoms with Crippen molar-refractivity contribution in [1.29, 1.82) is 0 Å². The maximum Gasteiger partial charge on any atom is 0.407 e. The smallest absolute Gasteiger partial charge is 0.407 e. The summed E-state index contributed by atoms with van der Waals surface area (Å²) in [6.07, 6.45) is 2.52. The number of hydroxylamine groups is 2. The van der Waals surface area contributed by atoms with Gasteiger partial charge in [-0.2, -0.15) is 14.8 Å². The van der Waals surface area contributed by atoms with E-state index < -0.39 is 23.7 Å². The second kappa shape index (κ2) is 9.12. The zero-order valence-electron chi connectivity index (χ0n) is 20.8. The first kappa shape index (κ1) is 24.1. The predicted molar refractivity (Wildman–Crippen MR) is 129 cm³/mol. The maximum atomic E-state index is 13.5. The van der Waals surface area contributed by atoms with Gasteiger partial charge in [-0.05, 0) is 39.2 Å². The molecule has 0 saturated carbocycles. The van der Waals surface area contributed by atoms with Crippen LogP contribution in [0.25, 0.3) is 0 Å². The van der Waals surface area contributed by atoms with Crippen LogP contribution in [0.5, 0.6) is 0 Å². The van der Waals surface area contributed by atoms with Crippen molar-refractivity contribution in [2.45, 2.75) is 57.8 Å². The van der Waals surface area contributed by atoms with Gasteiger partial charge in [-0.3, -0.25) is 4.84 Å². The Morgan fingerprint density at radius 3 is 2.50 bits per heavy atom.